The summed E-state index contributed by atoms with van der Waals surface area (Å²) in [6, 6.07) is 5.33. The number of benzene rings is 1. The van der Waals surface area contributed by atoms with E-state index in [1.54, 1.807) is 6.07 Å². The van der Waals surface area contributed by atoms with Gasteiger partial charge in [-0.2, -0.15) is 0 Å². The molecule has 0 spiro atoms. The van der Waals surface area contributed by atoms with Crippen molar-refractivity contribution in [3.8, 4) is 0 Å². The third-order valence-corrected chi connectivity index (χ3v) is 7.08. The van der Waals surface area contributed by atoms with Gasteiger partial charge < -0.3 is 15.5 Å². The predicted octanol–water partition coefficient (Wildman–Crippen LogP) is -1.57. The zero-order valence-corrected chi connectivity index (χ0v) is 16.6. The second-order valence-corrected chi connectivity index (χ2v) is 8.54. The van der Waals surface area contributed by atoms with Crippen molar-refractivity contribution in [3.63, 3.8) is 0 Å². The van der Waals surface area contributed by atoms with Gasteiger partial charge in [0, 0.05) is 0 Å². The van der Waals surface area contributed by atoms with Crippen LogP contribution in [-0.2, 0) is 14.4 Å². The van der Waals surface area contributed by atoms with Crippen LogP contribution in [0.1, 0.15) is 38.5 Å². The minimum Gasteiger partial charge on any atom is -0.364 e. The number of anilines is 1. The lowest BCUT2D eigenvalue weighted by molar-refractivity contribution is -0.978. The normalized spacial score (nSPS) is 31.3. The summed E-state index contributed by atoms with van der Waals surface area (Å²) in [6.45, 7) is 3.14. The van der Waals surface area contributed by atoms with Gasteiger partial charge in [-0.15, -0.1) is 0 Å². The topological polar surface area (TPSA) is 89.3 Å². The number of piperidine rings is 2. The summed E-state index contributed by atoms with van der Waals surface area (Å²) in [5.41, 5.74) is 5.31. The van der Waals surface area contributed by atoms with Gasteiger partial charge >= 0.3 is 0 Å². The number of amides is 3. The maximum atomic E-state index is 14.1. The summed E-state index contributed by atoms with van der Waals surface area (Å²) in [7, 11) is 0. The Morgan fingerprint density at radius 2 is 1.72 bits per heavy atom. The highest BCUT2D eigenvalue weighted by Gasteiger charge is 2.54. The predicted molar refractivity (Wildman–Crippen MR) is 104 cm³/mol. The molecule has 3 amide bonds. The first kappa shape index (κ1) is 20.0. The fourth-order valence-corrected chi connectivity index (χ4v) is 5.41. The van der Waals surface area contributed by atoms with Crippen LogP contribution in [0.4, 0.5) is 10.1 Å². The van der Waals surface area contributed by atoms with Crippen molar-refractivity contribution in [2.24, 2.45) is 5.73 Å². The molecule has 156 valence electrons. The summed E-state index contributed by atoms with van der Waals surface area (Å²) in [5.74, 6) is -1.56. The average molecular weight is 404 g/mol. The van der Waals surface area contributed by atoms with E-state index in [-0.39, 0.29) is 29.8 Å². The van der Waals surface area contributed by atoms with E-state index >= 15 is 0 Å². The van der Waals surface area contributed by atoms with Gasteiger partial charge in [0.1, 0.15) is 5.82 Å². The molecule has 3 saturated heterocycles. The van der Waals surface area contributed by atoms with Crippen molar-refractivity contribution < 1.29 is 28.6 Å². The molecule has 4 N–H and O–H groups in total. The van der Waals surface area contributed by atoms with Crippen LogP contribution in [0.3, 0.4) is 0 Å². The van der Waals surface area contributed by atoms with E-state index in [1.807, 2.05) is 0 Å². The largest absolute Gasteiger partial charge is 0.364 e. The van der Waals surface area contributed by atoms with Crippen molar-refractivity contribution in [2.45, 2.75) is 50.1 Å². The third-order valence-electron chi connectivity index (χ3n) is 7.08. The molecule has 0 bridgehead atoms. The minimum absolute atomic E-state index is 0.0191. The molecule has 3 fully saturated rings. The second kappa shape index (κ2) is 7.84. The molecule has 1 aromatic rings. The molecular weight excluding hydrogens is 375 g/mol. The number of hydrogen-bond donors (Lipinski definition) is 3. The Kier molecular flexibility index (Phi) is 5.40. The molecule has 0 radical (unpaired) electrons. The number of halogens is 1. The van der Waals surface area contributed by atoms with Gasteiger partial charge in [0.25, 0.3) is 11.8 Å². The Morgan fingerprint density at radius 3 is 2.34 bits per heavy atom. The standard InChI is InChI=1S/C21H27FN4O3/c22-15-6-2-3-7-16(15)26-18(27)14-17(19(26)28)24-12-8-21(9-13-24,20(23)29)25-10-4-1-5-11-25/h2-3,6-7,17H,1,4-5,8-14H2,(H2,23,29)/p+2/t17-/m1/s1. The van der Waals surface area contributed by atoms with E-state index < -0.39 is 17.4 Å². The Hall–Kier alpha value is -2.32. The van der Waals surface area contributed by atoms with E-state index in [2.05, 4.69) is 0 Å². The molecule has 3 aliphatic rings. The number of primary amides is 1. The van der Waals surface area contributed by atoms with Crippen molar-refractivity contribution >= 4 is 23.4 Å². The highest BCUT2D eigenvalue weighted by atomic mass is 19.1. The van der Waals surface area contributed by atoms with Gasteiger partial charge in [0.15, 0.2) is 11.6 Å². The van der Waals surface area contributed by atoms with Gasteiger partial charge in [0.05, 0.1) is 51.1 Å². The quantitative estimate of drug-likeness (QED) is 0.530. The number of nitrogens with one attached hydrogen (secondary N) is 2. The highest BCUT2D eigenvalue weighted by molar-refractivity contribution is 6.21. The Morgan fingerprint density at radius 1 is 1.07 bits per heavy atom. The average Bonchev–Trinajstić information content (AvgIpc) is 3.03. The van der Waals surface area contributed by atoms with Crippen LogP contribution in [0.2, 0.25) is 0 Å². The van der Waals surface area contributed by atoms with Crippen LogP contribution in [0, 0.1) is 5.82 Å². The maximum absolute atomic E-state index is 14.1. The number of nitrogens with two attached hydrogens (primary N) is 1. The van der Waals surface area contributed by atoms with E-state index in [1.165, 1.54) is 29.5 Å². The second-order valence-electron chi connectivity index (χ2n) is 8.54. The van der Waals surface area contributed by atoms with Crippen LogP contribution in [0.25, 0.3) is 0 Å². The molecule has 1 atom stereocenters. The summed E-state index contributed by atoms with van der Waals surface area (Å²) >= 11 is 0. The number of nitrogens with zero attached hydrogens (tertiary/aromatic N) is 1. The van der Waals surface area contributed by atoms with Crippen molar-refractivity contribution in [1.82, 2.24) is 0 Å². The number of hydrogen-bond acceptors (Lipinski definition) is 3. The van der Waals surface area contributed by atoms with Crippen LogP contribution < -0.4 is 20.4 Å². The summed E-state index contributed by atoms with van der Waals surface area (Å²) in [6.07, 6.45) is 4.71. The molecule has 1 aromatic carbocycles. The third kappa shape index (κ3) is 3.44. The highest BCUT2D eigenvalue weighted by Crippen LogP contribution is 2.25. The summed E-state index contributed by atoms with van der Waals surface area (Å²) in [5, 5.41) is 0. The Balaban J connectivity index is 1.48. The van der Waals surface area contributed by atoms with E-state index in [4.69, 9.17) is 5.73 Å². The van der Waals surface area contributed by atoms with E-state index in [0.29, 0.717) is 25.9 Å². The molecule has 0 unspecified atom stereocenters. The molecule has 7 nitrogen and oxygen atoms in total. The SMILES string of the molecule is NC(=O)C1([NH+]2CCCCC2)CC[NH+]([C@@H]2CC(=O)N(c3ccccc3F)C2=O)CC1. The number of quaternary nitrogens is 2. The first-order valence-electron chi connectivity index (χ1n) is 10.5. The molecular formula is C21H29FN4O3+2. The first-order chi connectivity index (χ1) is 13.9. The number of para-hydroxylation sites is 1. The molecule has 0 aromatic heterocycles. The fraction of sp³-hybridized carbons (Fsp3) is 0.571. The fourth-order valence-electron chi connectivity index (χ4n) is 5.41. The van der Waals surface area contributed by atoms with Crippen LogP contribution in [0.5, 0.6) is 0 Å². The Labute approximate surface area is 169 Å². The number of imide groups is 1. The lowest BCUT2D eigenvalue weighted by Gasteiger charge is -2.44. The molecule has 8 heteroatoms. The number of rotatable bonds is 4. The minimum atomic E-state index is -0.579. The number of carbonyl (C=O) groups is 3. The summed E-state index contributed by atoms with van der Waals surface area (Å²) < 4.78 is 14.1. The van der Waals surface area contributed by atoms with Gasteiger partial charge in [-0.05, 0) is 31.4 Å². The van der Waals surface area contributed by atoms with Crippen LogP contribution in [0.15, 0.2) is 24.3 Å². The number of likely N-dealkylation sites (tertiary alicyclic amines) is 2. The molecule has 29 heavy (non-hydrogen) atoms. The van der Waals surface area contributed by atoms with Crippen molar-refractivity contribution in [1.29, 1.82) is 0 Å². The lowest BCUT2D eigenvalue weighted by atomic mass is 9.83. The number of carbonyl (C=O) groups excluding carboxylic acids is 3. The van der Waals surface area contributed by atoms with Gasteiger partial charge in [-0.25, -0.2) is 9.29 Å². The molecule has 0 saturated carbocycles. The molecule has 0 aliphatic carbocycles. The van der Waals surface area contributed by atoms with Gasteiger partial charge in [-0.1, -0.05) is 12.1 Å². The van der Waals surface area contributed by atoms with E-state index in [9.17, 15) is 18.8 Å². The monoisotopic (exact) mass is 404 g/mol. The Bertz CT molecular complexity index is 816. The smallest absolute Gasteiger partial charge is 0.292 e. The van der Waals surface area contributed by atoms with Gasteiger partial charge in [0.2, 0.25) is 5.91 Å². The van der Waals surface area contributed by atoms with Crippen LogP contribution >= 0.6 is 0 Å². The van der Waals surface area contributed by atoms with Crippen molar-refractivity contribution in [3.05, 3.63) is 30.1 Å². The maximum Gasteiger partial charge on any atom is 0.292 e. The van der Waals surface area contributed by atoms with Gasteiger partial charge in [-0.3, -0.25) is 14.4 Å². The van der Waals surface area contributed by atoms with E-state index in [0.717, 1.165) is 35.7 Å². The molecule has 3 heterocycles. The van der Waals surface area contributed by atoms with Crippen LogP contribution in [-0.4, -0.2) is 55.5 Å². The zero-order valence-electron chi connectivity index (χ0n) is 16.6. The zero-order chi connectivity index (χ0) is 20.6. The first-order valence-corrected chi connectivity index (χ1v) is 10.5. The molecule has 3 aliphatic heterocycles. The lowest BCUT2D eigenvalue weighted by Crippen LogP contribution is -3.27. The summed E-state index contributed by atoms with van der Waals surface area (Å²) in [4.78, 5) is 41.2. The molecule has 4 rings (SSSR count). The van der Waals surface area contributed by atoms with Crippen molar-refractivity contribution in [2.75, 3.05) is 31.1 Å².